The topological polar surface area (TPSA) is 69.2 Å². The quantitative estimate of drug-likeness (QED) is 0.741. The molecule has 0 spiro atoms. The van der Waals surface area contributed by atoms with Crippen LogP contribution >= 0.6 is 10.5 Å². The predicted octanol–water partition coefficient (Wildman–Crippen LogP) is 2.15. The number of rotatable bonds is 3. The maximum absolute atomic E-state index is 13.2. The second kappa shape index (κ2) is 8.26. The van der Waals surface area contributed by atoms with E-state index >= 15 is 0 Å². The van der Waals surface area contributed by atoms with E-state index < -0.39 is 30.8 Å². The number of fused-ring (bicyclic) bond motifs is 1. The van der Waals surface area contributed by atoms with Gasteiger partial charge < -0.3 is 12.6 Å². The summed E-state index contributed by atoms with van der Waals surface area (Å²) in [6.45, 7) is 3.83. The van der Waals surface area contributed by atoms with E-state index in [2.05, 4.69) is 0 Å². The van der Waals surface area contributed by atoms with Crippen molar-refractivity contribution in [2.24, 2.45) is 0 Å². The molecular weight excluding hydrogens is 385 g/mol. The molecule has 0 saturated heterocycles. The highest BCUT2D eigenvalue weighted by molar-refractivity contribution is 7.38. The first-order chi connectivity index (χ1) is 10.2. The molecule has 1 atom stereocenters. The third-order valence-electron chi connectivity index (χ3n) is 2.98. The SMILES string of the molecule is CCCCc1cc2ccc(C)cc2[s+]1C(F)(F)F.[O-][Br+2]([O-])[O-]. The van der Waals surface area contributed by atoms with Crippen molar-refractivity contribution in [3.63, 3.8) is 0 Å². The number of aryl methyl sites for hydroxylation is 2. The Hall–Kier alpha value is -0.670. The molecule has 0 N–H and O–H groups in total. The lowest BCUT2D eigenvalue weighted by Gasteiger charge is -2.00. The molecule has 0 fully saturated rings. The Balaban J connectivity index is 0.000000541. The Morgan fingerprint density at radius 3 is 2.23 bits per heavy atom. The zero-order chi connectivity index (χ0) is 16.9. The monoisotopic (exact) mass is 400 g/mol. The van der Waals surface area contributed by atoms with Crippen LogP contribution in [0.5, 0.6) is 0 Å². The van der Waals surface area contributed by atoms with Crippen molar-refractivity contribution in [1.29, 1.82) is 0 Å². The van der Waals surface area contributed by atoms with E-state index in [0.29, 0.717) is 16.0 Å². The number of benzene rings is 1. The summed E-state index contributed by atoms with van der Waals surface area (Å²) in [5.41, 5.74) is -3.26. The molecule has 22 heavy (non-hydrogen) atoms. The molecule has 0 aliphatic heterocycles. The van der Waals surface area contributed by atoms with Crippen molar-refractivity contribution in [2.45, 2.75) is 38.6 Å². The maximum Gasteiger partial charge on any atom is 0.600 e. The van der Waals surface area contributed by atoms with Gasteiger partial charge in [-0.25, -0.2) is 0 Å². The normalized spacial score (nSPS) is 12.5. The van der Waals surface area contributed by atoms with Gasteiger partial charge in [-0.05, 0) is 25.0 Å². The third kappa shape index (κ3) is 5.51. The molecule has 0 aliphatic carbocycles. The van der Waals surface area contributed by atoms with Gasteiger partial charge in [-0.2, -0.15) is 0 Å². The van der Waals surface area contributed by atoms with Crippen LogP contribution in [0.25, 0.3) is 10.1 Å². The fourth-order valence-corrected chi connectivity index (χ4v) is 4.20. The van der Waals surface area contributed by atoms with Gasteiger partial charge in [0.25, 0.3) is 0 Å². The second-order valence-corrected chi connectivity index (χ2v) is 7.53. The highest BCUT2D eigenvalue weighted by atomic mass is 80.0. The van der Waals surface area contributed by atoms with Gasteiger partial charge in [0.2, 0.25) is 14.8 Å². The number of alkyl halides is 3. The molecule has 2 rings (SSSR count). The highest BCUT2D eigenvalue weighted by Gasteiger charge is 2.47. The van der Waals surface area contributed by atoms with Gasteiger partial charge in [0.15, 0.2) is 9.58 Å². The summed E-state index contributed by atoms with van der Waals surface area (Å²) in [5, 5.41) is 0.743. The van der Waals surface area contributed by atoms with Crippen LogP contribution in [0, 0.1) is 21.7 Å². The maximum atomic E-state index is 13.2. The zero-order valence-corrected chi connectivity index (χ0v) is 14.5. The van der Waals surface area contributed by atoms with Crippen molar-refractivity contribution in [1.82, 2.24) is 0 Å². The number of halogens is 4. The molecule has 3 nitrogen and oxygen atoms in total. The van der Waals surface area contributed by atoms with Gasteiger partial charge in [0.1, 0.15) is 0 Å². The van der Waals surface area contributed by atoms with E-state index in [1.807, 2.05) is 19.9 Å². The molecule has 1 unspecified atom stereocenters. The van der Waals surface area contributed by atoms with E-state index in [-0.39, 0.29) is 0 Å². The molecule has 0 amide bonds. The number of hydrogen-bond acceptors (Lipinski definition) is 3. The largest absolute Gasteiger partial charge is 0.600 e. The molecule has 1 heterocycles. The summed E-state index contributed by atoms with van der Waals surface area (Å²) >= 11 is -3.65. The van der Waals surface area contributed by atoms with E-state index in [0.717, 1.165) is 23.8 Å². The first-order valence-corrected chi connectivity index (χ1v) is 9.69. The van der Waals surface area contributed by atoms with Crippen LogP contribution in [-0.4, -0.2) is 0 Å². The number of unbranched alkanes of at least 4 members (excludes halogenated alkanes) is 1. The van der Waals surface area contributed by atoms with Gasteiger partial charge in [-0.1, -0.05) is 19.4 Å². The van der Waals surface area contributed by atoms with Crippen molar-refractivity contribution >= 4 is 20.6 Å². The standard InChI is InChI=1S/C14H16F3S.BrO3/c1-3-4-5-12-9-11-7-6-10(2)8-13(11)18(12)14(15,16)17;2-1(3)4/h6-9H,3-5H2,1-2H3;/q+1;-1. The Morgan fingerprint density at radius 1 is 1.14 bits per heavy atom. The molecule has 0 bridgehead atoms. The number of hydrogen-bond donors (Lipinski definition) is 0. The van der Waals surface area contributed by atoms with E-state index in [1.165, 1.54) is 0 Å². The molecular formula is C14H16BrF3O3S. The Bertz CT molecular complexity index is 608. The van der Waals surface area contributed by atoms with Gasteiger partial charge in [-0.15, -0.1) is 13.2 Å². The van der Waals surface area contributed by atoms with Crippen LogP contribution in [0.1, 0.15) is 30.2 Å². The molecule has 2 aromatic rings. The first-order valence-electron chi connectivity index (χ1n) is 6.52. The van der Waals surface area contributed by atoms with E-state index in [9.17, 15) is 13.2 Å². The van der Waals surface area contributed by atoms with Gasteiger partial charge in [-0.3, -0.25) is 0 Å². The Labute approximate surface area is 134 Å². The van der Waals surface area contributed by atoms with Crippen LogP contribution in [0.4, 0.5) is 13.2 Å². The zero-order valence-electron chi connectivity index (χ0n) is 12.1. The molecule has 0 radical (unpaired) electrons. The summed E-state index contributed by atoms with van der Waals surface area (Å²) in [4.78, 5) is 0.546. The minimum absolute atomic E-state index is 0.452. The minimum atomic E-state index is -4.15. The average Bonchev–Trinajstić information content (AvgIpc) is 2.72. The predicted molar refractivity (Wildman–Crippen MR) is 71.1 cm³/mol. The molecule has 8 heteroatoms. The summed E-state index contributed by atoms with van der Waals surface area (Å²) in [7, 11) is -1.71. The average molecular weight is 401 g/mol. The fourth-order valence-electron chi connectivity index (χ4n) is 2.11. The smallest absolute Gasteiger partial charge is 0.405 e. The van der Waals surface area contributed by atoms with Crippen molar-refractivity contribution in [3.05, 3.63) is 34.7 Å². The van der Waals surface area contributed by atoms with Crippen LogP contribution < -0.4 is 12.6 Å². The first kappa shape index (κ1) is 19.4. The van der Waals surface area contributed by atoms with Gasteiger partial charge >= 0.3 is 5.51 Å². The van der Waals surface area contributed by atoms with Crippen molar-refractivity contribution in [2.75, 3.05) is 0 Å². The highest BCUT2D eigenvalue weighted by Crippen LogP contribution is 2.51. The lowest BCUT2D eigenvalue weighted by Crippen LogP contribution is -2.42. The summed E-state index contributed by atoms with van der Waals surface area (Å²) < 4.78 is 65.7. The minimum Gasteiger partial charge on any atom is -0.405 e. The molecule has 1 aromatic carbocycles. The Kier molecular flexibility index (Phi) is 7.27. The molecule has 0 saturated carbocycles. The van der Waals surface area contributed by atoms with Crippen molar-refractivity contribution in [3.8, 4) is 0 Å². The van der Waals surface area contributed by atoms with Gasteiger partial charge in [0, 0.05) is 23.9 Å². The fraction of sp³-hybridized carbons (Fsp3) is 0.429. The van der Waals surface area contributed by atoms with E-state index in [4.69, 9.17) is 12.6 Å². The molecule has 124 valence electrons. The van der Waals surface area contributed by atoms with Crippen LogP contribution in [0.2, 0.25) is 0 Å². The van der Waals surface area contributed by atoms with Crippen LogP contribution in [0.15, 0.2) is 24.3 Å². The van der Waals surface area contributed by atoms with E-state index in [1.54, 1.807) is 18.2 Å². The van der Waals surface area contributed by atoms with Crippen molar-refractivity contribution < 1.29 is 40.6 Å². The second-order valence-electron chi connectivity index (χ2n) is 4.70. The third-order valence-corrected chi connectivity index (χ3v) is 5.08. The lowest BCUT2D eigenvalue weighted by atomic mass is 10.1. The Morgan fingerprint density at radius 2 is 1.73 bits per heavy atom. The number of thiophene rings is 1. The molecule has 1 aromatic heterocycles. The molecule has 0 aliphatic rings. The summed E-state index contributed by atoms with van der Waals surface area (Å²) in [6.07, 6.45) is 2.28. The lowest BCUT2D eigenvalue weighted by molar-refractivity contribution is -1.73. The summed E-state index contributed by atoms with van der Waals surface area (Å²) in [6, 6.07) is 7.09. The summed E-state index contributed by atoms with van der Waals surface area (Å²) in [5.74, 6) is 0. The van der Waals surface area contributed by atoms with Crippen LogP contribution in [-0.2, 0) is 11.9 Å². The van der Waals surface area contributed by atoms with Gasteiger partial charge in [0.05, 0.1) is 10.5 Å². The van der Waals surface area contributed by atoms with Crippen LogP contribution in [0.3, 0.4) is 0 Å².